The van der Waals surface area contributed by atoms with Crippen LogP contribution in [-0.2, 0) is 16.4 Å². The molecule has 4 heteroatoms. The Hall–Kier alpha value is -0.870. The fourth-order valence-corrected chi connectivity index (χ4v) is 2.83. The summed E-state index contributed by atoms with van der Waals surface area (Å²) in [7, 11) is -3.34. The summed E-state index contributed by atoms with van der Waals surface area (Å²) >= 11 is 0. The molecule has 0 fully saturated rings. The third-order valence-electron chi connectivity index (χ3n) is 3.07. The predicted octanol–water partition coefficient (Wildman–Crippen LogP) is 3.35. The van der Waals surface area contributed by atoms with Crippen molar-refractivity contribution in [2.45, 2.75) is 51.3 Å². The van der Waals surface area contributed by atoms with Gasteiger partial charge < -0.3 is 0 Å². The quantitative estimate of drug-likeness (QED) is 0.795. The van der Waals surface area contributed by atoms with Gasteiger partial charge in [0.25, 0.3) is 0 Å². The summed E-state index contributed by atoms with van der Waals surface area (Å²) in [6, 6.07) is 7.21. The van der Waals surface area contributed by atoms with Crippen LogP contribution in [0, 0.1) is 5.92 Å². The highest BCUT2D eigenvalue weighted by Crippen LogP contribution is 2.12. The van der Waals surface area contributed by atoms with Gasteiger partial charge in [-0.05, 0) is 42.9 Å². The highest BCUT2D eigenvalue weighted by Gasteiger charge is 2.13. The Morgan fingerprint density at radius 3 is 2.32 bits per heavy atom. The van der Waals surface area contributed by atoms with Crippen molar-refractivity contribution >= 4 is 10.0 Å². The van der Waals surface area contributed by atoms with Crippen LogP contribution in [0.3, 0.4) is 0 Å². The number of hydrogen-bond acceptors (Lipinski definition) is 2. The molecule has 1 N–H and O–H groups in total. The van der Waals surface area contributed by atoms with Gasteiger partial charge in [0.1, 0.15) is 0 Å². The normalized spacial score (nSPS) is 12.0. The molecule has 0 aromatic heterocycles. The van der Waals surface area contributed by atoms with E-state index < -0.39 is 10.0 Å². The zero-order chi connectivity index (χ0) is 14.3. The molecule has 3 nitrogen and oxygen atoms in total. The van der Waals surface area contributed by atoms with Crippen molar-refractivity contribution in [1.29, 1.82) is 0 Å². The maximum atomic E-state index is 12.0. The summed E-state index contributed by atoms with van der Waals surface area (Å²) < 4.78 is 26.7. The first kappa shape index (κ1) is 16.2. The van der Waals surface area contributed by atoms with E-state index in [4.69, 9.17) is 0 Å². The minimum Gasteiger partial charge on any atom is -0.211 e. The van der Waals surface area contributed by atoms with Gasteiger partial charge in [-0.3, -0.25) is 0 Å². The fraction of sp³-hybridized carbons (Fsp3) is 0.600. The van der Waals surface area contributed by atoms with E-state index in [-0.39, 0.29) is 0 Å². The molecule has 0 bridgehead atoms. The molecule has 1 aromatic carbocycles. The molecular weight excluding hydrogens is 258 g/mol. The van der Waals surface area contributed by atoms with Gasteiger partial charge in [0.15, 0.2) is 0 Å². The van der Waals surface area contributed by atoms with Crippen molar-refractivity contribution in [3.8, 4) is 0 Å². The molecule has 0 saturated carbocycles. The summed E-state index contributed by atoms with van der Waals surface area (Å²) in [6.45, 7) is 6.81. The second-order valence-corrected chi connectivity index (χ2v) is 7.09. The minimum atomic E-state index is -3.34. The molecule has 0 saturated heterocycles. The van der Waals surface area contributed by atoms with Crippen LogP contribution in [-0.4, -0.2) is 15.0 Å². The molecule has 0 aliphatic rings. The number of aryl methyl sites for hydroxylation is 1. The van der Waals surface area contributed by atoms with Gasteiger partial charge in [-0.15, -0.1) is 0 Å². The van der Waals surface area contributed by atoms with Crippen molar-refractivity contribution in [3.63, 3.8) is 0 Å². The fourth-order valence-electron chi connectivity index (χ4n) is 1.78. The molecule has 0 radical (unpaired) electrons. The molecule has 0 atom stereocenters. The Morgan fingerprint density at radius 2 is 1.79 bits per heavy atom. The predicted molar refractivity (Wildman–Crippen MR) is 79.7 cm³/mol. The Kier molecular flexibility index (Phi) is 6.52. The second-order valence-electron chi connectivity index (χ2n) is 5.33. The zero-order valence-electron chi connectivity index (χ0n) is 12.1. The van der Waals surface area contributed by atoms with E-state index in [9.17, 15) is 8.42 Å². The lowest BCUT2D eigenvalue weighted by molar-refractivity contribution is 0.551. The monoisotopic (exact) mass is 283 g/mol. The highest BCUT2D eigenvalue weighted by molar-refractivity contribution is 7.89. The van der Waals surface area contributed by atoms with Crippen LogP contribution in [0.5, 0.6) is 0 Å². The van der Waals surface area contributed by atoms with Crippen LogP contribution >= 0.6 is 0 Å². The Labute approximate surface area is 117 Å². The molecule has 0 amide bonds. The summed E-state index contributed by atoms with van der Waals surface area (Å²) in [6.07, 6.45) is 4.15. The van der Waals surface area contributed by atoms with E-state index in [1.165, 1.54) is 5.56 Å². The largest absolute Gasteiger partial charge is 0.240 e. The molecule has 108 valence electrons. The summed E-state index contributed by atoms with van der Waals surface area (Å²) in [5.74, 6) is 0.499. The van der Waals surface area contributed by atoms with Crippen molar-refractivity contribution < 1.29 is 8.42 Å². The van der Waals surface area contributed by atoms with E-state index in [1.54, 1.807) is 12.1 Å². The lowest BCUT2D eigenvalue weighted by atomic mass is 10.1. The van der Waals surface area contributed by atoms with Gasteiger partial charge in [0, 0.05) is 6.54 Å². The van der Waals surface area contributed by atoms with Crippen LogP contribution in [0.1, 0.15) is 45.6 Å². The maximum Gasteiger partial charge on any atom is 0.240 e. The molecule has 19 heavy (non-hydrogen) atoms. The van der Waals surface area contributed by atoms with Gasteiger partial charge in [-0.25, -0.2) is 13.1 Å². The molecular formula is C15H25NO2S. The summed E-state index contributed by atoms with van der Waals surface area (Å²) in [4.78, 5) is 0.358. The lowest BCUT2D eigenvalue weighted by Crippen LogP contribution is -2.25. The topological polar surface area (TPSA) is 46.2 Å². The van der Waals surface area contributed by atoms with Crippen LogP contribution in [0.25, 0.3) is 0 Å². The van der Waals surface area contributed by atoms with Crippen molar-refractivity contribution in [2.24, 2.45) is 5.92 Å². The molecule has 0 aliphatic heterocycles. The summed E-state index contributed by atoms with van der Waals surface area (Å²) in [5, 5.41) is 0. The smallest absolute Gasteiger partial charge is 0.211 e. The van der Waals surface area contributed by atoms with Crippen LogP contribution in [0.15, 0.2) is 29.2 Å². The molecule has 0 heterocycles. The van der Waals surface area contributed by atoms with Crippen LogP contribution in [0.4, 0.5) is 0 Å². The third-order valence-corrected chi connectivity index (χ3v) is 4.54. The standard InChI is InChI=1S/C15H25NO2S/c1-4-5-6-14-7-9-15(10-8-14)19(17,18)16-12-11-13(2)3/h7-10,13,16H,4-6,11-12H2,1-3H3. The highest BCUT2D eigenvalue weighted by atomic mass is 32.2. The van der Waals surface area contributed by atoms with Crippen molar-refractivity contribution in [1.82, 2.24) is 4.72 Å². The van der Waals surface area contributed by atoms with Crippen LogP contribution < -0.4 is 4.72 Å². The van der Waals surface area contributed by atoms with E-state index in [1.807, 2.05) is 12.1 Å². The van der Waals surface area contributed by atoms with Gasteiger partial charge >= 0.3 is 0 Å². The molecule has 0 aliphatic carbocycles. The lowest BCUT2D eigenvalue weighted by Gasteiger charge is -2.09. The number of benzene rings is 1. The molecule has 1 rings (SSSR count). The number of hydrogen-bond donors (Lipinski definition) is 1. The summed E-state index contributed by atoms with van der Waals surface area (Å²) in [5.41, 5.74) is 1.20. The Morgan fingerprint density at radius 1 is 1.16 bits per heavy atom. The van der Waals surface area contributed by atoms with Crippen LogP contribution in [0.2, 0.25) is 0 Å². The third kappa shape index (κ3) is 5.74. The van der Waals surface area contributed by atoms with Gasteiger partial charge in [-0.2, -0.15) is 0 Å². The van der Waals surface area contributed by atoms with E-state index in [0.717, 1.165) is 25.7 Å². The van der Waals surface area contributed by atoms with Crippen molar-refractivity contribution in [3.05, 3.63) is 29.8 Å². The van der Waals surface area contributed by atoms with Crippen molar-refractivity contribution in [2.75, 3.05) is 6.54 Å². The Balaban J connectivity index is 2.63. The maximum absolute atomic E-state index is 12.0. The van der Waals surface area contributed by atoms with E-state index in [2.05, 4.69) is 25.5 Å². The number of rotatable bonds is 8. The minimum absolute atomic E-state index is 0.358. The molecule has 0 unspecified atom stereocenters. The van der Waals surface area contributed by atoms with E-state index in [0.29, 0.717) is 17.4 Å². The average molecular weight is 283 g/mol. The van der Waals surface area contributed by atoms with E-state index >= 15 is 0 Å². The number of unbranched alkanes of at least 4 members (excludes halogenated alkanes) is 1. The zero-order valence-corrected chi connectivity index (χ0v) is 13.0. The van der Waals surface area contributed by atoms with Gasteiger partial charge in [0.05, 0.1) is 4.90 Å². The SMILES string of the molecule is CCCCc1ccc(S(=O)(=O)NCCC(C)C)cc1. The first-order chi connectivity index (χ1) is 8.95. The number of sulfonamides is 1. The number of nitrogens with one attached hydrogen (secondary N) is 1. The average Bonchev–Trinajstić information content (AvgIpc) is 2.36. The molecule has 0 spiro atoms. The van der Waals surface area contributed by atoms with Gasteiger partial charge in [0.2, 0.25) is 10.0 Å². The first-order valence-corrected chi connectivity index (χ1v) is 8.52. The molecule has 1 aromatic rings. The Bertz CT molecular complexity index is 463. The van der Waals surface area contributed by atoms with Gasteiger partial charge in [-0.1, -0.05) is 39.3 Å². The second kappa shape index (κ2) is 7.65. The first-order valence-electron chi connectivity index (χ1n) is 7.04.